The van der Waals surface area contributed by atoms with Gasteiger partial charge in [0.1, 0.15) is 23.7 Å². The van der Waals surface area contributed by atoms with Gasteiger partial charge in [-0.25, -0.2) is 9.78 Å². The Morgan fingerprint density at radius 2 is 1.81 bits per heavy atom. The maximum absolute atomic E-state index is 13.6. The number of thiazole rings is 1. The number of aromatic hydroxyl groups is 2. The fourth-order valence-corrected chi connectivity index (χ4v) is 10.0. The van der Waals surface area contributed by atoms with Gasteiger partial charge in [0, 0.05) is 53.6 Å². The summed E-state index contributed by atoms with van der Waals surface area (Å²) in [6, 6.07) is 1.57. The zero-order valence-corrected chi connectivity index (χ0v) is 32.0. The number of aliphatic carboxylic acids is 1. The van der Waals surface area contributed by atoms with Gasteiger partial charge in [-0.3, -0.25) is 24.1 Å². The monoisotopic (exact) mass is 790 g/mol. The fraction of sp³-hybridized carbons (Fsp3) is 0.500. The first kappa shape index (κ1) is 38.3. The van der Waals surface area contributed by atoms with E-state index in [2.05, 4.69) is 34.7 Å². The maximum Gasteiger partial charge on any atom is 0.350 e. The van der Waals surface area contributed by atoms with E-state index in [4.69, 9.17) is 22.2 Å². The number of carbonyl (C=O) groups is 5. The van der Waals surface area contributed by atoms with Gasteiger partial charge in [-0.15, -0.1) is 23.1 Å². The van der Waals surface area contributed by atoms with Crippen LogP contribution in [0.25, 0.3) is 0 Å². The van der Waals surface area contributed by atoms with Gasteiger partial charge in [0.2, 0.25) is 5.60 Å². The van der Waals surface area contributed by atoms with Gasteiger partial charge >= 0.3 is 5.97 Å². The summed E-state index contributed by atoms with van der Waals surface area (Å²) in [6.07, 6.45) is 3.17. The third-order valence-electron chi connectivity index (χ3n) is 10.9. The lowest BCUT2D eigenvalue weighted by Crippen LogP contribution is -2.71. The number of carboxylic acids is 1. The SMILES string of the molecule is CC1=C(C[N+]2(C)[C@@H]3CC[C@H]2CC(NC(=O)C(=O)c2ccc(O)c(O)c2Cl)C3)[C@H](C)S[C@@H]2[C@H](NC(=O)/C(=N\OC(C)(C)C(=O)O)c3csc(N)n3)C(=O)N12. The fourth-order valence-electron chi connectivity index (χ4n) is 7.67. The van der Waals surface area contributed by atoms with E-state index in [-0.39, 0.29) is 61.8 Å². The van der Waals surface area contributed by atoms with Gasteiger partial charge < -0.3 is 41.0 Å². The third-order valence-corrected chi connectivity index (χ3v) is 13.4. The third kappa shape index (κ3) is 6.92. The quantitative estimate of drug-likeness (QED) is 0.0367. The summed E-state index contributed by atoms with van der Waals surface area (Å²) in [4.78, 5) is 75.6. The highest BCUT2D eigenvalue weighted by Gasteiger charge is 2.57. The average Bonchev–Trinajstić information content (AvgIpc) is 3.56. The molecule has 19 heteroatoms. The van der Waals surface area contributed by atoms with Crippen molar-refractivity contribution in [3.05, 3.63) is 45.1 Å². The molecule has 0 aliphatic carbocycles. The molecule has 2 unspecified atom stereocenters. The molecule has 0 saturated carbocycles. The molecule has 0 spiro atoms. The Morgan fingerprint density at radius 3 is 2.42 bits per heavy atom. The number of phenols is 2. The molecular formula is C34H41ClN7O9S2+. The number of rotatable bonds is 11. The van der Waals surface area contributed by atoms with Gasteiger partial charge in [-0.1, -0.05) is 16.8 Å². The molecule has 5 heterocycles. The molecule has 6 rings (SSSR count). The van der Waals surface area contributed by atoms with Gasteiger partial charge in [-0.05, 0) is 39.8 Å². The van der Waals surface area contributed by atoms with E-state index in [0.29, 0.717) is 19.4 Å². The van der Waals surface area contributed by atoms with E-state index in [1.807, 2.05) is 6.92 Å². The van der Waals surface area contributed by atoms with Crippen LogP contribution in [0.2, 0.25) is 5.02 Å². The highest BCUT2D eigenvalue weighted by Crippen LogP contribution is 2.48. The number of nitrogens with one attached hydrogen (secondary N) is 2. The van der Waals surface area contributed by atoms with Crippen LogP contribution in [0.3, 0.4) is 0 Å². The summed E-state index contributed by atoms with van der Waals surface area (Å²) in [5.74, 6) is -5.22. The number of β-lactam (4-membered cyclic amide) rings is 1. The molecule has 2 bridgehead atoms. The summed E-state index contributed by atoms with van der Waals surface area (Å²) in [6.45, 7) is 7.25. The van der Waals surface area contributed by atoms with Crippen molar-refractivity contribution in [3.8, 4) is 11.5 Å². The molecule has 284 valence electrons. The van der Waals surface area contributed by atoms with Gasteiger partial charge in [0.25, 0.3) is 23.5 Å². The number of oxime groups is 1. The summed E-state index contributed by atoms with van der Waals surface area (Å²) in [5.41, 5.74) is 5.57. The number of carbonyl (C=O) groups excluding carboxylic acids is 4. The maximum atomic E-state index is 13.6. The molecule has 16 nitrogen and oxygen atoms in total. The Morgan fingerprint density at radius 1 is 1.15 bits per heavy atom. The Labute approximate surface area is 318 Å². The molecule has 7 N–H and O–H groups in total. The van der Waals surface area contributed by atoms with Crippen molar-refractivity contribution in [3.63, 3.8) is 0 Å². The van der Waals surface area contributed by atoms with Crippen LogP contribution in [-0.4, -0.2) is 119 Å². The van der Waals surface area contributed by atoms with Crippen LogP contribution in [-0.2, 0) is 24.0 Å². The zero-order valence-electron chi connectivity index (χ0n) is 29.6. The number of quaternary nitrogens is 1. The summed E-state index contributed by atoms with van der Waals surface area (Å²) >= 11 is 8.65. The molecule has 1 aromatic carbocycles. The number of amides is 3. The average molecular weight is 791 g/mol. The van der Waals surface area contributed by atoms with E-state index in [1.54, 1.807) is 16.7 Å². The predicted octanol–water partition coefficient (Wildman–Crippen LogP) is 2.58. The van der Waals surface area contributed by atoms with E-state index in [0.717, 1.165) is 46.0 Å². The number of nitrogens with zero attached hydrogens (tertiary/aromatic N) is 4. The minimum Gasteiger partial charge on any atom is -0.504 e. The standard InChI is InChI=1S/C34H40ClN7O9S2/c1-14-20(12-42(5)17-6-7-18(42)11-16(10-17)37-29(47)26(44)19-8-9-22(43)27(45)23(19)35)15(2)53-31-25(30(48)41(14)31)39-28(46)24(21-13-52-33(36)38-21)40-51-34(3,4)32(49)50/h8-9,13,15-18,25,31H,6-7,10-12H2,1-5H3,(H6-,36,37,38,39,40,43,44,45,46,47,49,50)/p+1/t15-,16?,17-,18+,25+,31+,42?/m0/s1. The van der Waals surface area contributed by atoms with Gasteiger partial charge in [0.05, 0.1) is 29.7 Å². The number of benzene rings is 1. The second-order valence-corrected chi connectivity index (χ2v) is 17.2. The number of hydrogen-bond acceptors (Lipinski definition) is 13. The highest BCUT2D eigenvalue weighted by atomic mass is 35.5. The molecule has 2 aromatic rings. The number of hydrogen-bond donors (Lipinski definition) is 6. The largest absolute Gasteiger partial charge is 0.504 e. The number of anilines is 1. The van der Waals surface area contributed by atoms with Gasteiger partial charge in [-0.2, -0.15) is 0 Å². The Kier molecular flexibility index (Phi) is 10.2. The van der Waals surface area contributed by atoms with Crippen molar-refractivity contribution < 1.29 is 48.6 Å². The molecule has 4 aliphatic heterocycles. The first-order valence-corrected chi connectivity index (χ1v) is 19.1. The summed E-state index contributed by atoms with van der Waals surface area (Å²) < 4.78 is 0.728. The molecular weight excluding hydrogens is 750 g/mol. The van der Waals surface area contributed by atoms with Crippen molar-refractivity contribution in [2.45, 2.75) is 93.8 Å². The second-order valence-electron chi connectivity index (χ2n) is 14.5. The molecule has 3 amide bonds. The number of halogens is 1. The Hall–Kier alpha value is -4.39. The number of allylic oxidation sites excluding steroid dienone is 1. The van der Waals surface area contributed by atoms with Crippen molar-refractivity contribution in [2.75, 3.05) is 19.3 Å². The first-order valence-electron chi connectivity index (χ1n) is 16.9. The number of likely N-dealkylation sites (N-methyl/N-ethyl adjacent to an activating group) is 1. The van der Waals surface area contributed by atoms with Crippen LogP contribution in [0.15, 0.2) is 33.9 Å². The zero-order chi connectivity index (χ0) is 38.7. The normalized spacial score (nSPS) is 28.2. The number of piperidine rings is 1. The number of fused-ring (bicyclic) bond motifs is 3. The van der Waals surface area contributed by atoms with E-state index in [1.165, 1.54) is 25.3 Å². The van der Waals surface area contributed by atoms with Crippen LogP contribution < -0.4 is 16.4 Å². The highest BCUT2D eigenvalue weighted by molar-refractivity contribution is 8.00. The molecule has 0 radical (unpaired) electrons. The van der Waals surface area contributed by atoms with Crippen LogP contribution in [0.5, 0.6) is 11.5 Å². The lowest BCUT2D eigenvalue weighted by atomic mass is 9.92. The lowest BCUT2D eigenvalue weighted by Gasteiger charge is -2.53. The second kappa shape index (κ2) is 14.1. The number of aromatic nitrogens is 1. The van der Waals surface area contributed by atoms with E-state index >= 15 is 0 Å². The van der Waals surface area contributed by atoms with E-state index < -0.39 is 46.7 Å². The summed E-state index contributed by atoms with van der Waals surface area (Å²) in [7, 11) is 2.20. The van der Waals surface area contributed by atoms with Crippen molar-refractivity contribution in [1.29, 1.82) is 0 Å². The molecule has 53 heavy (non-hydrogen) atoms. The number of ketones is 1. The number of nitrogen functional groups attached to an aromatic ring is 1. The molecule has 7 atom stereocenters. The lowest BCUT2D eigenvalue weighted by molar-refractivity contribution is -0.944. The topological polar surface area (TPSA) is 234 Å². The molecule has 4 aliphatic rings. The van der Waals surface area contributed by atoms with Crippen molar-refractivity contribution in [2.24, 2.45) is 5.16 Å². The van der Waals surface area contributed by atoms with Crippen LogP contribution in [0, 0.1) is 0 Å². The Bertz CT molecular complexity index is 1950. The van der Waals surface area contributed by atoms with Crippen molar-refractivity contribution >= 4 is 75.0 Å². The van der Waals surface area contributed by atoms with Crippen LogP contribution >= 0.6 is 34.7 Å². The number of nitrogens with two attached hydrogens (primary N) is 1. The Balaban J connectivity index is 1.12. The van der Waals surface area contributed by atoms with E-state index in [9.17, 15) is 39.3 Å². The number of Topliss-reactive ketones (excluding diaryl/α,β-unsaturated/α-hetero) is 1. The molecule has 1 aromatic heterocycles. The van der Waals surface area contributed by atoms with Gasteiger partial charge in [0.15, 0.2) is 22.3 Å². The molecule has 3 fully saturated rings. The van der Waals surface area contributed by atoms with Crippen LogP contribution in [0.1, 0.15) is 69.4 Å². The van der Waals surface area contributed by atoms with Crippen LogP contribution in [0.4, 0.5) is 5.13 Å². The summed E-state index contributed by atoms with van der Waals surface area (Å²) in [5, 5.41) is 39.4. The number of carboxylic acid groups (broad SMARTS) is 1. The molecule has 3 saturated heterocycles. The smallest absolute Gasteiger partial charge is 0.350 e. The van der Waals surface area contributed by atoms with Crippen molar-refractivity contribution in [1.82, 2.24) is 20.5 Å². The minimum absolute atomic E-state index is 0.00537. The minimum atomic E-state index is -1.74. The first-order chi connectivity index (χ1) is 24.8. The number of phenolic OH excluding ortho intramolecular Hbond substituents is 2. The predicted molar refractivity (Wildman–Crippen MR) is 196 cm³/mol. The number of thioether (sulfide) groups is 1.